The zero-order valence-electron chi connectivity index (χ0n) is 21.6. The lowest BCUT2D eigenvalue weighted by atomic mass is 9.99. The van der Waals surface area contributed by atoms with E-state index in [0.717, 1.165) is 28.0 Å². The summed E-state index contributed by atoms with van der Waals surface area (Å²) in [6.45, 7) is 10.5. The lowest BCUT2D eigenvalue weighted by Gasteiger charge is -2.09. The molecule has 0 saturated heterocycles. The molecule has 2 aliphatic rings. The number of carbonyl (C=O) groups is 1. The minimum Gasteiger partial charge on any atom is -0.345 e. The molecule has 1 aliphatic heterocycles. The second kappa shape index (κ2) is 9.76. The molecule has 7 nitrogen and oxygen atoms in total. The van der Waals surface area contributed by atoms with Crippen LogP contribution in [0, 0.1) is 18.7 Å². The summed E-state index contributed by atoms with van der Waals surface area (Å²) in [7, 11) is 1.71. The highest BCUT2D eigenvalue weighted by molar-refractivity contribution is 6.10. The Balaban J connectivity index is 1.42. The summed E-state index contributed by atoms with van der Waals surface area (Å²) in [6, 6.07) is 8.78. The fraction of sp³-hybridized carbons (Fsp3) is 0.310. The molecule has 0 radical (unpaired) electrons. The van der Waals surface area contributed by atoms with Gasteiger partial charge < -0.3 is 10.6 Å². The monoisotopic (exact) mass is 498 g/mol. The van der Waals surface area contributed by atoms with Crippen LogP contribution in [0.25, 0.3) is 11.4 Å². The fourth-order valence-electron chi connectivity index (χ4n) is 4.65. The molecule has 2 heterocycles. The van der Waals surface area contributed by atoms with Crippen molar-refractivity contribution in [1.29, 1.82) is 0 Å². The number of hydrogen-bond donors (Lipinski definition) is 2. The van der Waals surface area contributed by atoms with Crippen molar-refractivity contribution in [2.24, 2.45) is 10.9 Å². The van der Waals surface area contributed by atoms with Gasteiger partial charge in [0.15, 0.2) is 5.82 Å². The van der Waals surface area contributed by atoms with E-state index in [2.05, 4.69) is 32.3 Å². The number of halogens is 1. The van der Waals surface area contributed by atoms with Crippen LogP contribution in [0.3, 0.4) is 0 Å². The first-order valence-electron chi connectivity index (χ1n) is 12.6. The summed E-state index contributed by atoms with van der Waals surface area (Å²) in [5, 5.41) is 10.8. The van der Waals surface area contributed by atoms with Gasteiger partial charge in [0.2, 0.25) is 5.95 Å². The maximum atomic E-state index is 15.4. The number of carbonyl (C=O) groups excluding carboxylic acids is 1. The van der Waals surface area contributed by atoms with Crippen LogP contribution in [-0.2, 0) is 6.54 Å². The zero-order chi connectivity index (χ0) is 26.3. The molecule has 5 rings (SSSR count). The van der Waals surface area contributed by atoms with Gasteiger partial charge in [-0.2, -0.15) is 4.98 Å². The predicted molar refractivity (Wildman–Crippen MR) is 145 cm³/mol. The summed E-state index contributed by atoms with van der Waals surface area (Å²) in [4.78, 5) is 21.0. The smallest absolute Gasteiger partial charge is 0.252 e. The Morgan fingerprint density at radius 3 is 2.76 bits per heavy atom. The van der Waals surface area contributed by atoms with Crippen LogP contribution in [0.4, 0.5) is 16.0 Å². The normalized spacial score (nSPS) is 17.3. The maximum absolute atomic E-state index is 15.4. The number of rotatable bonds is 8. The Kier molecular flexibility index (Phi) is 6.50. The number of aryl methyl sites for hydroxylation is 2. The lowest BCUT2D eigenvalue weighted by Crippen LogP contribution is -2.16. The van der Waals surface area contributed by atoms with Gasteiger partial charge in [-0.15, -0.1) is 5.10 Å². The minimum absolute atomic E-state index is 0.0578. The number of aliphatic imine (C=N–C) groups is 1. The molecule has 0 spiro atoms. The first kappa shape index (κ1) is 24.6. The summed E-state index contributed by atoms with van der Waals surface area (Å²) in [6.07, 6.45) is 6.26. The predicted octanol–water partition coefficient (Wildman–Crippen LogP) is 5.90. The first-order chi connectivity index (χ1) is 17.8. The minimum atomic E-state index is -0.410. The molecular weight excluding hydrogens is 467 g/mol. The van der Waals surface area contributed by atoms with Crippen molar-refractivity contribution in [2.75, 3.05) is 12.4 Å². The Bertz CT molecular complexity index is 1460. The van der Waals surface area contributed by atoms with E-state index >= 15 is 4.39 Å². The van der Waals surface area contributed by atoms with Crippen LogP contribution in [0.1, 0.15) is 59.8 Å². The van der Waals surface area contributed by atoms with Crippen LogP contribution in [0.15, 0.2) is 59.6 Å². The lowest BCUT2D eigenvalue weighted by molar-refractivity contribution is 0.0958. The van der Waals surface area contributed by atoms with Crippen LogP contribution in [0.2, 0.25) is 0 Å². The molecule has 1 aliphatic carbocycles. The van der Waals surface area contributed by atoms with Gasteiger partial charge in [-0.05, 0) is 87.1 Å². The number of fused-ring (bicyclic) bond motifs is 1. The van der Waals surface area contributed by atoms with Crippen LogP contribution in [-0.4, -0.2) is 33.4 Å². The molecule has 1 amide bonds. The Morgan fingerprint density at radius 1 is 1.27 bits per heavy atom. The summed E-state index contributed by atoms with van der Waals surface area (Å²) in [5.41, 5.74) is 6.12. The number of nitrogens with one attached hydrogen (secondary N) is 2. The third-order valence-electron chi connectivity index (χ3n) is 6.97. The van der Waals surface area contributed by atoms with Crippen molar-refractivity contribution in [3.8, 4) is 11.4 Å². The highest BCUT2D eigenvalue weighted by Crippen LogP contribution is 2.36. The van der Waals surface area contributed by atoms with Gasteiger partial charge in [0.05, 0.1) is 17.3 Å². The third-order valence-corrected chi connectivity index (χ3v) is 6.97. The third kappa shape index (κ3) is 4.83. The molecule has 2 aromatic carbocycles. The van der Waals surface area contributed by atoms with Gasteiger partial charge in [-0.1, -0.05) is 18.2 Å². The molecule has 37 heavy (non-hydrogen) atoms. The topological polar surface area (TPSA) is 84.2 Å². The highest BCUT2D eigenvalue weighted by atomic mass is 19.1. The van der Waals surface area contributed by atoms with Gasteiger partial charge in [-0.25, -0.2) is 9.07 Å². The van der Waals surface area contributed by atoms with Crippen molar-refractivity contribution in [3.05, 3.63) is 82.7 Å². The second-order valence-electron chi connectivity index (χ2n) is 9.64. The Hall–Kier alpha value is -4.07. The molecule has 190 valence electrons. The Morgan fingerprint density at radius 2 is 2.05 bits per heavy atom. The molecule has 1 unspecified atom stereocenters. The van der Waals surface area contributed by atoms with E-state index in [9.17, 15) is 4.79 Å². The summed E-state index contributed by atoms with van der Waals surface area (Å²) in [5.74, 6) is 0.890. The maximum Gasteiger partial charge on any atom is 0.252 e. The average Bonchev–Trinajstić information content (AvgIpc) is 3.60. The first-order valence-corrected chi connectivity index (χ1v) is 12.6. The molecular formula is C29H31FN6O. The Labute approximate surface area is 216 Å². The van der Waals surface area contributed by atoms with Crippen LogP contribution in [0.5, 0.6) is 0 Å². The van der Waals surface area contributed by atoms with E-state index in [1.807, 2.05) is 45.1 Å². The van der Waals surface area contributed by atoms with Gasteiger partial charge >= 0.3 is 0 Å². The van der Waals surface area contributed by atoms with Gasteiger partial charge in [-0.3, -0.25) is 9.79 Å². The van der Waals surface area contributed by atoms with E-state index in [4.69, 9.17) is 0 Å². The van der Waals surface area contributed by atoms with Gasteiger partial charge in [0, 0.05) is 30.4 Å². The molecule has 3 aromatic rings. The largest absolute Gasteiger partial charge is 0.345 e. The average molecular weight is 499 g/mol. The van der Waals surface area contributed by atoms with E-state index in [0.29, 0.717) is 41.1 Å². The van der Waals surface area contributed by atoms with Crippen molar-refractivity contribution in [1.82, 2.24) is 20.1 Å². The highest BCUT2D eigenvalue weighted by Gasteiger charge is 2.26. The number of aromatic nitrogens is 3. The number of hydrogen-bond acceptors (Lipinski definition) is 5. The van der Waals surface area contributed by atoms with Crippen molar-refractivity contribution in [2.45, 2.75) is 46.2 Å². The van der Waals surface area contributed by atoms with E-state index in [1.165, 1.54) is 18.9 Å². The molecule has 8 heteroatoms. The molecule has 0 bridgehead atoms. The zero-order valence-corrected chi connectivity index (χ0v) is 21.6. The van der Waals surface area contributed by atoms with Crippen molar-refractivity contribution in [3.63, 3.8) is 0 Å². The van der Waals surface area contributed by atoms with E-state index < -0.39 is 5.82 Å². The van der Waals surface area contributed by atoms with Gasteiger partial charge in [0.25, 0.3) is 5.91 Å². The number of allylic oxidation sites excluding steroid dienone is 3. The molecule has 1 saturated carbocycles. The summed E-state index contributed by atoms with van der Waals surface area (Å²) >= 11 is 0. The quantitative estimate of drug-likeness (QED) is 0.299. The SMILES string of the molecule is C=C(/C=C\C(=NC)c1cc(F)c(-c2nc(Nc3ccc4c(c3)C(C)NC4=O)n(CC)n2)cc1C)C1CC1. The van der Waals surface area contributed by atoms with Crippen LogP contribution < -0.4 is 10.6 Å². The second-order valence-corrected chi connectivity index (χ2v) is 9.64. The number of amides is 1. The molecule has 1 atom stereocenters. The fourth-order valence-corrected chi connectivity index (χ4v) is 4.65. The summed E-state index contributed by atoms with van der Waals surface area (Å²) < 4.78 is 17.1. The van der Waals surface area contributed by atoms with Crippen molar-refractivity contribution >= 4 is 23.3 Å². The van der Waals surface area contributed by atoms with Crippen LogP contribution >= 0.6 is 0 Å². The van der Waals surface area contributed by atoms with Crippen molar-refractivity contribution < 1.29 is 9.18 Å². The van der Waals surface area contributed by atoms with E-state index in [-0.39, 0.29) is 11.9 Å². The molecule has 1 fully saturated rings. The number of anilines is 2. The van der Waals surface area contributed by atoms with Gasteiger partial charge in [0.1, 0.15) is 5.82 Å². The molecule has 2 N–H and O–H groups in total. The number of nitrogens with zero attached hydrogens (tertiary/aromatic N) is 4. The number of benzene rings is 2. The standard InChI is InChI=1S/C29H31FN6O/c1-6-36-29(33-20-10-11-21-23(14-20)18(4)32-28(21)37)34-27(35-36)24-13-17(3)22(15-25(24)30)26(31-5)12-7-16(2)19-8-9-19/h7,10-15,18-19H,2,6,8-9H2,1,3-5H3,(H,32,37)(H,33,34,35)/b12-7-,31-26?. The van der Waals surface area contributed by atoms with E-state index in [1.54, 1.807) is 23.9 Å². The molecule has 1 aromatic heterocycles.